The van der Waals surface area contributed by atoms with Gasteiger partial charge in [-0.2, -0.15) is 0 Å². The largest absolute Gasteiger partial charge is 0.493 e. The number of hydrogen-bond acceptors (Lipinski definition) is 4. The molecule has 0 amide bonds. The van der Waals surface area contributed by atoms with Crippen LogP contribution in [0.4, 0.5) is 17.6 Å². The molecule has 0 aliphatic rings. The van der Waals surface area contributed by atoms with E-state index in [-0.39, 0.29) is 17.1 Å². The van der Waals surface area contributed by atoms with E-state index in [1.165, 1.54) is 6.92 Å². The molecule has 0 bridgehead atoms. The van der Waals surface area contributed by atoms with Crippen molar-refractivity contribution >= 4 is 5.97 Å². The topological polar surface area (TPSA) is 76.0 Å². The quantitative estimate of drug-likeness (QED) is 0.751. The van der Waals surface area contributed by atoms with Crippen LogP contribution in [0, 0.1) is 6.92 Å². The first-order valence-corrected chi connectivity index (χ1v) is 5.96. The molecule has 0 heterocycles. The number of aryl methyl sites for hydroxylation is 1. The second-order valence-corrected chi connectivity index (χ2v) is 4.43. The molecule has 22 heavy (non-hydrogen) atoms. The van der Waals surface area contributed by atoms with E-state index in [1.807, 2.05) is 0 Å². The monoisotopic (exact) mass is 326 g/mol. The Morgan fingerprint density at radius 1 is 1.27 bits per heavy atom. The molecule has 5 nitrogen and oxygen atoms in total. The van der Waals surface area contributed by atoms with Gasteiger partial charge in [0, 0.05) is 0 Å². The highest BCUT2D eigenvalue weighted by Crippen LogP contribution is 2.40. The molecule has 1 aromatic rings. The number of carbonyl (C=O) groups is 1. The molecule has 0 atom stereocenters. The summed E-state index contributed by atoms with van der Waals surface area (Å²) in [6.07, 6.45) is -7.47. The van der Waals surface area contributed by atoms with Crippen LogP contribution in [0.3, 0.4) is 0 Å². The lowest BCUT2D eigenvalue weighted by molar-refractivity contribution is -0.183. The molecule has 0 saturated carbocycles. The van der Waals surface area contributed by atoms with Gasteiger partial charge < -0.3 is 19.7 Å². The van der Waals surface area contributed by atoms with E-state index in [4.69, 9.17) is 14.6 Å². The summed E-state index contributed by atoms with van der Waals surface area (Å²) in [5.74, 6) is -1.63. The highest BCUT2D eigenvalue weighted by molar-refractivity contribution is 5.69. The molecule has 0 radical (unpaired) electrons. The fourth-order valence-corrected chi connectivity index (χ4v) is 1.79. The number of benzene rings is 1. The minimum absolute atomic E-state index is 0.0651. The Bertz CT molecular complexity index is 539. The van der Waals surface area contributed by atoms with E-state index in [9.17, 15) is 27.5 Å². The van der Waals surface area contributed by atoms with Crippen molar-refractivity contribution in [2.24, 2.45) is 0 Å². The molecular formula is C13H14F4O5. The van der Waals surface area contributed by atoms with Gasteiger partial charge in [-0.1, -0.05) is 0 Å². The zero-order valence-electron chi connectivity index (χ0n) is 11.6. The third kappa shape index (κ3) is 3.41. The summed E-state index contributed by atoms with van der Waals surface area (Å²) in [4.78, 5) is 10.5. The summed E-state index contributed by atoms with van der Waals surface area (Å²) in [5, 5.41) is 18.2. The van der Waals surface area contributed by atoms with Crippen molar-refractivity contribution < 1.29 is 42.0 Å². The molecular weight excluding hydrogens is 312 g/mol. The molecule has 1 aromatic carbocycles. The molecule has 9 heteroatoms. The zero-order chi connectivity index (χ0) is 17.1. The van der Waals surface area contributed by atoms with Crippen LogP contribution in [-0.2, 0) is 10.4 Å². The number of carboxylic acid groups (broad SMARTS) is 1. The Balaban J connectivity index is 3.36. The van der Waals surface area contributed by atoms with E-state index >= 15 is 0 Å². The molecule has 0 saturated heterocycles. The fraction of sp³-hybridized carbons (Fsp3) is 0.462. The average molecular weight is 326 g/mol. The van der Waals surface area contributed by atoms with Gasteiger partial charge in [0.1, 0.15) is 0 Å². The number of alkyl halides is 4. The van der Waals surface area contributed by atoms with Gasteiger partial charge in [0.2, 0.25) is 5.60 Å². The summed E-state index contributed by atoms with van der Waals surface area (Å²) in [6.45, 7) is 0.588. The molecule has 1 rings (SSSR count). The number of aliphatic hydroxyl groups is 1. The Hall–Kier alpha value is -2.03. The SMILES string of the molecule is COc1cc(C(O)(C(F)F)C(F)F)cc(C)c1OCC(=O)O. The Kier molecular flexibility index (Phi) is 5.59. The number of ether oxygens (including phenoxy) is 2. The van der Waals surface area contributed by atoms with Gasteiger partial charge in [-0.25, -0.2) is 22.4 Å². The van der Waals surface area contributed by atoms with Gasteiger partial charge in [-0.15, -0.1) is 0 Å². The summed E-state index contributed by atoms with van der Waals surface area (Å²) in [7, 11) is 1.12. The Morgan fingerprint density at radius 2 is 1.82 bits per heavy atom. The summed E-state index contributed by atoms with van der Waals surface area (Å²) in [6, 6.07) is 1.64. The highest BCUT2D eigenvalue weighted by Gasteiger charge is 2.49. The lowest BCUT2D eigenvalue weighted by Gasteiger charge is -2.28. The Labute approximate surface area is 123 Å². The smallest absolute Gasteiger partial charge is 0.341 e. The first-order valence-electron chi connectivity index (χ1n) is 5.96. The van der Waals surface area contributed by atoms with Gasteiger partial charge in [-0.05, 0) is 30.2 Å². The van der Waals surface area contributed by atoms with Crippen molar-refractivity contribution in [2.75, 3.05) is 13.7 Å². The van der Waals surface area contributed by atoms with Crippen molar-refractivity contribution in [2.45, 2.75) is 25.4 Å². The minimum atomic E-state index is -3.73. The van der Waals surface area contributed by atoms with E-state index in [1.54, 1.807) is 0 Å². The molecule has 0 aliphatic carbocycles. The molecule has 124 valence electrons. The number of aliphatic carboxylic acids is 1. The van der Waals surface area contributed by atoms with Crippen LogP contribution in [-0.4, -0.2) is 42.7 Å². The summed E-state index contributed by atoms with van der Waals surface area (Å²) >= 11 is 0. The standard InChI is InChI=1S/C13H14F4O5/c1-6-3-7(13(20,11(14)15)12(16)17)4-8(21-2)10(6)22-5-9(18)19/h3-4,11-12,20H,5H2,1-2H3,(H,18,19). The first-order chi connectivity index (χ1) is 10.1. The number of rotatable bonds is 7. The lowest BCUT2D eigenvalue weighted by Crippen LogP contribution is -2.41. The minimum Gasteiger partial charge on any atom is -0.493 e. The van der Waals surface area contributed by atoms with E-state index in [0.717, 1.165) is 19.2 Å². The predicted molar refractivity (Wildman–Crippen MR) is 66.8 cm³/mol. The van der Waals surface area contributed by atoms with Crippen molar-refractivity contribution in [3.05, 3.63) is 23.3 Å². The number of carboxylic acids is 1. The van der Waals surface area contributed by atoms with Crippen molar-refractivity contribution in [3.63, 3.8) is 0 Å². The van der Waals surface area contributed by atoms with Crippen LogP contribution in [0.25, 0.3) is 0 Å². The number of halogens is 4. The average Bonchev–Trinajstić information content (AvgIpc) is 2.43. The van der Waals surface area contributed by atoms with Crippen molar-refractivity contribution in [1.29, 1.82) is 0 Å². The normalized spacial score (nSPS) is 11.9. The molecule has 0 fully saturated rings. The molecule has 2 N–H and O–H groups in total. The summed E-state index contributed by atoms with van der Waals surface area (Å²) in [5.41, 5.74) is -4.35. The van der Waals surface area contributed by atoms with Crippen molar-refractivity contribution in [3.8, 4) is 11.5 Å². The lowest BCUT2D eigenvalue weighted by atomic mass is 9.92. The molecule has 0 spiro atoms. The number of methoxy groups -OCH3 is 1. The molecule has 0 aromatic heterocycles. The van der Waals surface area contributed by atoms with Crippen LogP contribution in [0.2, 0.25) is 0 Å². The summed E-state index contributed by atoms with van der Waals surface area (Å²) < 4.78 is 61.2. The molecule has 0 unspecified atom stereocenters. The molecule has 0 aliphatic heterocycles. The zero-order valence-corrected chi connectivity index (χ0v) is 11.6. The Morgan fingerprint density at radius 3 is 2.23 bits per heavy atom. The highest BCUT2D eigenvalue weighted by atomic mass is 19.3. The van der Waals surface area contributed by atoms with Crippen LogP contribution in [0.5, 0.6) is 11.5 Å². The second kappa shape index (κ2) is 6.82. The number of hydrogen-bond donors (Lipinski definition) is 2. The van der Waals surface area contributed by atoms with Gasteiger partial charge in [0.25, 0.3) is 12.9 Å². The van der Waals surface area contributed by atoms with Gasteiger partial charge in [0.15, 0.2) is 18.1 Å². The van der Waals surface area contributed by atoms with Crippen LogP contribution in [0.15, 0.2) is 12.1 Å². The van der Waals surface area contributed by atoms with Crippen molar-refractivity contribution in [1.82, 2.24) is 0 Å². The van der Waals surface area contributed by atoms with E-state index in [0.29, 0.717) is 0 Å². The van der Waals surface area contributed by atoms with Gasteiger partial charge >= 0.3 is 5.97 Å². The maximum atomic E-state index is 12.9. The third-order valence-corrected chi connectivity index (χ3v) is 2.93. The van der Waals surface area contributed by atoms with E-state index < -0.39 is 36.6 Å². The van der Waals surface area contributed by atoms with Crippen LogP contribution >= 0.6 is 0 Å². The maximum Gasteiger partial charge on any atom is 0.341 e. The van der Waals surface area contributed by atoms with Gasteiger partial charge in [-0.3, -0.25) is 0 Å². The van der Waals surface area contributed by atoms with Crippen LogP contribution in [0.1, 0.15) is 11.1 Å². The van der Waals surface area contributed by atoms with Crippen LogP contribution < -0.4 is 9.47 Å². The predicted octanol–water partition coefficient (Wildman–Crippen LogP) is 2.18. The third-order valence-electron chi connectivity index (χ3n) is 2.93. The van der Waals surface area contributed by atoms with Gasteiger partial charge in [0.05, 0.1) is 7.11 Å². The maximum absolute atomic E-state index is 12.9. The van der Waals surface area contributed by atoms with E-state index in [2.05, 4.69) is 0 Å². The second-order valence-electron chi connectivity index (χ2n) is 4.43. The first kappa shape index (κ1) is 18.0. The fourth-order valence-electron chi connectivity index (χ4n) is 1.79.